The molecule has 0 aliphatic carbocycles. The van der Waals surface area contributed by atoms with Crippen molar-refractivity contribution in [2.45, 2.75) is 19.4 Å². The van der Waals surface area contributed by atoms with Gasteiger partial charge in [-0.05, 0) is 25.5 Å². The van der Waals surface area contributed by atoms with Gasteiger partial charge >= 0.3 is 0 Å². The molecule has 1 aliphatic heterocycles. The first-order valence-corrected chi connectivity index (χ1v) is 7.25. The molecule has 0 spiro atoms. The molecule has 1 amide bonds. The normalized spacial score (nSPS) is 19.0. The average Bonchev–Trinajstić information content (AvgIpc) is 2.48. The number of nitrogens with zero attached hydrogens (tertiary/aromatic N) is 3. The van der Waals surface area contributed by atoms with Crippen LogP contribution in [0.15, 0.2) is 18.2 Å². The fourth-order valence-corrected chi connectivity index (χ4v) is 2.86. The van der Waals surface area contributed by atoms with E-state index in [2.05, 4.69) is 0 Å². The Hall–Kier alpha value is -2.02. The highest BCUT2D eigenvalue weighted by molar-refractivity contribution is 5.78. The van der Waals surface area contributed by atoms with Crippen LogP contribution in [-0.2, 0) is 11.3 Å². The molecule has 0 radical (unpaired) electrons. The van der Waals surface area contributed by atoms with Crippen LogP contribution in [0.4, 0.5) is 10.1 Å². The molecule has 1 atom stereocenters. The predicted molar refractivity (Wildman–Crippen MR) is 79.7 cm³/mol. The van der Waals surface area contributed by atoms with Crippen molar-refractivity contribution in [3.05, 3.63) is 39.7 Å². The maximum absolute atomic E-state index is 13.9. The Morgan fingerprint density at radius 2 is 2.23 bits per heavy atom. The lowest BCUT2D eigenvalue weighted by Gasteiger charge is -2.33. The number of piperidine rings is 1. The van der Waals surface area contributed by atoms with Crippen molar-refractivity contribution in [3.63, 3.8) is 0 Å². The van der Waals surface area contributed by atoms with Crippen LogP contribution in [0.25, 0.3) is 0 Å². The highest BCUT2D eigenvalue weighted by Crippen LogP contribution is 2.26. The van der Waals surface area contributed by atoms with Gasteiger partial charge in [-0.3, -0.25) is 19.8 Å². The van der Waals surface area contributed by atoms with E-state index in [0.717, 1.165) is 12.8 Å². The number of hydrogen-bond donors (Lipinski definition) is 0. The van der Waals surface area contributed by atoms with E-state index in [9.17, 15) is 19.3 Å². The molecular weight excluding hydrogens is 289 g/mol. The van der Waals surface area contributed by atoms with E-state index in [1.807, 2.05) is 4.90 Å². The molecule has 6 nitrogen and oxygen atoms in total. The molecule has 1 saturated heterocycles. The average molecular weight is 309 g/mol. The van der Waals surface area contributed by atoms with E-state index in [0.29, 0.717) is 13.1 Å². The summed E-state index contributed by atoms with van der Waals surface area (Å²) in [6.45, 7) is 1.37. The predicted octanol–water partition coefficient (Wildman–Crippen LogP) is 2.03. The van der Waals surface area contributed by atoms with Crippen molar-refractivity contribution < 1.29 is 14.1 Å². The highest BCUT2D eigenvalue weighted by Gasteiger charge is 2.29. The van der Waals surface area contributed by atoms with Gasteiger partial charge in [0.1, 0.15) is 5.82 Å². The van der Waals surface area contributed by atoms with Crippen molar-refractivity contribution in [2.24, 2.45) is 5.92 Å². The highest BCUT2D eigenvalue weighted by atomic mass is 19.1. The fraction of sp³-hybridized carbons (Fsp3) is 0.533. The first-order valence-electron chi connectivity index (χ1n) is 7.25. The van der Waals surface area contributed by atoms with E-state index in [1.165, 1.54) is 18.2 Å². The summed E-state index contributed by atoms with van der Waals surface area (Å²) in [6, 6.07) is 3.88. The van der Waals surface area contributed by atoms with Crippen LogP contribution in [0, 0.1) is 21.8 Å². The topological polar surface area (TPSA) is 66.7 Å². The Morgan fingerprint density at radius 3 is 2.86 bits per heavy atom. The molecule has 0 aromatic heterocycles. The maximum Gasteiger partial charge on any atom is 0.276 e. The van der Waals surface area contributed by atoms with Gasteiger partial charge in [0, 0.05) is 33.3 Å². The van der Waals surface area contributed by atoms with Crippen molar-refractivity contribution in [1.82, 2.24) is 9.80 Å². The van der Waals surface area contributed by atoms with Gasteiger partial charge in [-0.1, -0.05) is 6.07 Å². The summed E-state index contributed by atoms with van der Waals surface area (Å²) in [5.74, 6) is -0.655. The Labute approximate surface area is 128 Å². The minimum absolute atomic E-state index is 0.0488. The summed E-state index contributed by atoms with van der Waals surface area (Å²) >= 11 is 0. The van der Waals surface area contributed by atoms with E-state index >= 15 is 0 Å². The summed E-state index contributed by atoms with van der Waals surface area (Å²) in [7, 11) is 3.42. The standard InChI is InChI=1S/C15H20FN3O3/c1-17(2)15(20)11-5-4-8-18(9-11)10-12-13(16)6-3-7-14(12)19(21)22/h3,6-7,11H,4-5,8-10H2,1-2H3. The van der Waals surface area contributed by atoms with Crippen LogP contribution in [0.5, 0.6) is 0 Å². The minimum atomic E-state index is -0.574. The van der Waals surface area contributed by atoms with Gasteiger partial charge in [0.25, 0.3) is 5.69 Å². The van der Waals surface area contributed by atoms with Gasteiger partial charge in [0.2, 0.25) is 5.91 Å². The lowest BCUT2D eigenvalue weighted by atomic mass is 9.96. The van der Waals surface area contributed by atoms with Crippen LogP contribution in [0.2, 0.25) is 0 Å². The second kappa shape index (κ2) is 6.83. The number of nitro benzene ring substituents is 1. The Morgan fingerprint density at radius 1 is 1.50 bits per heavy atom. The molecule has 0 bridgehead atoms. The largest absolute Gasteiger partial charge is 0.349 e. The van der Waals surface area contributed by atoms with Gasteiger partial charge in [0.15, 0.2) is 0 Å². The second-order valence-corrected chi connectivity index (χ2v) is 5.80. The number of carbonyl (C=O) groups is 1. The van der Waals surface area contributed by atoms with Crippen molar-refractivity contribution in [3.8, 4) is 0 Å². The van der Waals surface area contributed by atoms with E-state index in [4.69, 9.17) is 0 Å². The number of benzene rings is 1. The van der Waals surface area contributed by atoms with Gasteiger partial charge in [-0.25, -0.2) is 4.39 Å². The Kier molecular flexibility index (Phi) is 5.07. The van der Waals surface area contributed by atoms with Crippen LogP contribution < -0.4 is 0 Å². The maximum atomic E-state index is 13.9. The van der Waals surface area contributed by atoms with E-state index in [1.54, 1.807) is 19.0 Å². The van der Waals surface area contributed by atoms with Gasteiger partial charge < -0.3 is 4.90 Å². The van der Waals surface area contributed by atoms with Crippen molar-refractivity contribution in [2.75, 3.05) is 27.2 Å². The number of amides is 1. The number of rotatable bonds is 4. The second-order valence-electron chi connectivity index (χ2n) is 5.80. The summed E-state index contributed by atoms with van der Waals surface area (Å²) in [5, 5.41) is 11.0. The van der Waals surface area contributed by atoms with Crippen LogP contribution in [0.1, 0.15) is 18.4 Å². The van der Waals surface area contributed by atoms with Crippen LogP contribution in [0.3, 0.4) is 0 Å². The van der Waals surface area contributed by atoms with E-state index in [-0.39, 0.29) is 29.6 Å². The zero-order valence-electron chi connectivity index (χ0n) is 12.8. The summed E-state index contributed by atoms with van der Waals surface area (Å²) < 4.78 is 13.9. The third-order valence-corrected chi connectivity index (χ3v) is 3.97. The lowest BCUT2D eigenvalue weighted by Crippen LogP contribution is -2.42. The molecule has 120 valence electrons. The quantitative estimate of drug-likeness (QED) is 0.630. The zero-order chi connectivity index (χ0) is 16.3. The smallest absolute Gasteiger partial charge is 0.276 e. The monoisotopic (exact) mass is 309 g/mol. The number of hydrogen-bond acceptors (Lipinski definition) is 4. The van der Waals surface area contributed by atoms with Crippen LogP contribution in [-0.4, -0.2) is 47.8 Å². The summed E-state index contributed by atoms with van der Waals surface area (Å²) in [5.41, 5.74) is -0.119. The molecule has 1 fully saturated rings. The van der Waals surface area contributed by atoms with Crippen LogP contribution >= 0.6 is 0 Å². The first-order chi connectivity index (χ1) is 10.4. The van der Waals surface area contributed by atoms with Crippen molar-refractivity contribution >= 4 is 11.6 Å². The molecular formula is C15H20FN3O3. The Balaban J connectivity index is 2.14. The van der Waals surface area contributed by atoms with E-state index < -0.39 is 10.7 Å². The third kappa shape index (κ3) is 3.59. The first kappa shape index (κ1) is 16.4. The zero-order valence-corrected chi connectivity index (χ0v) is 12.8. The minimum Gasteiger partial charge on any atom is -0.349 e. The molecule has 1 aliphatic rings. The molecule has 2 rings (SSSR count). The summed E-state index contributed by atoms with van der Waals surface area (Å²) in [4.78, 5) is 26.0. The van der Waals surface area contributed by atoms with Gasteiger partial charge in [-0.15, -0.1) is 0 Å². The molecule has 1 unspecified atom stereocenters. The third-order valence-electron chi connectivity index (χ3n) is 3.97. The van der Waals surface area contributed by atoms with Gasteiger partial charge in [-0.2, -0.15) is 0 Å². The molecule has 0 N–H and O–H groups in total. The number of carbonyl (C=O) groups excluding carboxylic acids is 1. The number of likely N-dealkylation sites (tertiary alicyclic amines) is 1. The summed E-state index contributed by atoms with van der Waals surface area (Å²) in [6.07, 6.45) is 1.62. The van der Waals surface area contributed by atoms with Gasteiger partial charge in [0.05, 0.1) is 16.4 Å². The lowest BCUT2D eigenvalue weighted by molar-refractivity contribution is -0.386. The number of nitro groups is 1. The molecule has 1 aromatic rings. The molecule has 1 aromatic carbocycles. The molecule has 7 heteroatoms. The Bertz CT molecular complexity index is 577. The van der Waals surface area contributed by atoms with Crippen molar-refractivity contribution in [1.29, 1.82) is 0 Å². The molecule has 0 saturated carbocycles. The fourth-order valence-electron chi connectivity index (χ4n) is 2.86. The molecule has 1 heterocycles. The molecule has 22 heavy (non-hydrogen) atoms. The SMILES string of the molecule is CN(C)C(=O)C1CCCN(Cc2c(F)cccc2[N+](=O)[O-])C1. The number of halogens is 1.